The van der Waals surface area contributed by atoms with Crippen LogP contribution in [0.1, 0.15) is 47.0 Å². The van der Waals surface area contributed by atoms with Gasteiger partial charge < -0.3 is 14.2 Å². The van der Waals surface area contributed by atoms with E-state index in [2.05, 4.69) is 61.8 Å². The van der Waals surface area contributed by atoms with Gasteiger partial charge in [0.15, 0.2) is 0 Å². The van der Waals surface area contributed by atoms with Crippen molar-refractivity contribution in [2.45, 2.75) is 58.2 Å². The lowest BCUT2D eigenvalue weighted by Crippen LogP contribution is -2.41. The van der Waals surface area contributed by atoms with Gasteiger partial charge in [0, 0.05) is 30.4 Å². The molecule has 0 amide bonds. The number of piperidine rings is 1. The molecular formula is C20H27BN2O2. The third kappa shape index (κ3) is 2.94. The summed E-state index contributed by atoms with van der Waals surface area (Å²) in [6, 6.07) is 8.51. The molecule has 2 fully saturated rings. The molecule has 1 aromatic heterocycles. The topological polar surface area (TPSA) is 34.6 Å². The Morgan fingerprint density at radius 3 is 2.32 bits per heavy atom. The molecule has 2 aromatic rings. The van der Waals surface area contributed by atoms with Crippen molar-refractivity contribution in [3.8, 4) is 0 Å². The van der Waals surface area contributed by atoms with Gasteiger partial charge >= 0.3 is 7.12 Å². The molecule has 5 heteroatoms. The molecular weight excluding hydrogens is 311 g/mol. The Morgan fingerprint density at radius 1 is 0.960 bits per heavy atom. The van der Waals surface area contributed by atoms with E-state index in [0.717, 1.165) is 24.1 Å². The highest BCUT2D eigenvalue weighted by Gasteiger charge is 2.51. The van der Waals surface area contributed by atoms with E-state index in [1.54, 1.807) is 0 Å². The second-order valence-corrected chi connectivity index (χ2v) is 8.24. The van der Waals surface area contributed by atoms with Crippen LogP contribution in [-0.4, -0.2) is 36.4 Å². The van der Waals surface area contributed by atoms with Gasteiger partial charge in [-0.3, -0.25) is 4.98 Å². The minimum absolute atomic E-state index is 0.322. The molecule has 2 aliphatic rings. The first-order valence-electron chi connectivity index (χ1n) is 9.37. The summed E-state index contributed by atoms with van der Waals surface area (Å²) < 4.78 is 12.5. The van der Waals surface area contributed by atoms with Gasteiger partial charge in [0.05, 0.1) is 16.7 Å². The van der Waals surface area contributed by atoms with Crippen LogP contribution in [0.5, 0.6) is 0 Å². The molecule has 0 N–H and O–H groups in total. The summed E-state index contributed by atoms with van der Waals surface area (Å²) in [4.78, 5) is 7.04. The number of fused-ring (bicyclic) bond motifs is 1. The average molecular weight is 338 g/mol. The predicted molar refractivity (Wildman–Crippen MR) is 104 cm³/mol. The van der Waals surface area contributed by atoms with Gasteiger partial charge in [-0.2, -0.15) is 0 Å². The van der Waals surface area contributed by atoms with Crippen LogP contribution in [0, 0.1) is 0 Å². The zero-order valence-electron chi connectivity index (χ0n) is 15.7. The Balaban J connectivity index is 1.72. The van der Waals surface area contributed by atoms with Crippen LogP contribution in [0.15, 0.2) is 30.5 Å². The van der Waals surface area contributed by atoms with E-state index >= 15 is 0 Å². The highest BCUT2D eigenvalue weighted by atomic mass is 16.7. The molecule has 0 unspecified atom stereocenters. The monoisotopic (exact) mass is 338 g/mol. The van der Waals surface area contributed by atoms with Crippen LogP contribution in [0.25, 0.3) is 10.9 Å². The molecule has 1 aromatic carbocycles. The van der Waals surface area contributed by atoms with Gasteiger partial charge in [-0.05, 0) is 64.6 Å². The molecule has 0 saturated carbocycles. The first-order valence-corrected chi connectivity index (χ1v) is 9.37. The van der Waals surface area contributed by atoms with Gasteiger partial charge in [-0.15, -0.1) is 0 Å². The van der Waals surface area contributed by atoms with Crippen molar-refractivity contribution in [1.29, 1.82) is 0 Å². The second kappa shape index (κ2) is 5.99. The van der Waals surface area contributed by atoms with Crippen LogP contribution in [0.4, 0.5) is 5.69 Å². The van der Waals surface area contributed by atoms with Crippen molar-refractivity contribution in [1.82, 2.24) is 4.98 Å². The summed E-state index contributed by atoms with van der Waals surface area (Å²) in [5.41, 5.74) is 2.73. The molecule has 3 heterocycles. The van der Waals surface area contributed by atoms with Crippen LogP contribution in [0.3, 0.4) is 0 Å². The van der Waals surface area contributed by atoms with Crippen LogP contribution < -0.4 is 10.4 Å². The van der Waals surface area contributed by atoms with E-state index in [4.69, 9.17) is 9.31 Å². The number of benzene rings is 1. The fourth-order valence-electron chi connectivity index (χ4n) is 3.69. The molecule has 2 saturated heterocycles. The fraction of sp³-hybridized carbons (Fsp3) is 0.550. The summed E-state index contributed by atoms with van der Waals surface area (Å²) in [5.74, 6) is 0. The first kappa shape index (κ1) is 16.9. The second-order valence-electron chi connectivity index (χ2n) is 8.24. The zero-order chi connectivity index (χ0) is 17.7. The lowest BCUT2D eigenvalue weighted by molar-refractivity contribution is 0.00578. The first-order chi connectivity index (χ1) is 11.9. The molecule has 0 spiro atoms. The third-order valence-corrected chi connectivity index (χ3v) is 5.96. The van der Waals surface area contributed by atoms with Crippen molar-refractivity contribution >= 4 is 29.2 Å². The fourth-order valence-corrected chi connectivity index (χ4v) is 3.69. The van der Waals surface area contributed by atoms with Crippen molar-refractivity contribution in [3.63, 3.8) is 0 Å². The maximum absolute atomic E-state index is 6.23. The van der Waals surface area contributed by atoms with Crippen LogP contribution in [0.2, 0.25) is 0 Å². The summed E-state index contributed by atoms with van der Waals surface area (Å²) in [6.45, 7) is 10.6. The maximum atomic E-state index is 6.23. The van der Waals surface area contributed by atoms with E-state index in [0.29, 0.717) is 0 Å². The number of aromatic nitrogens is 1. The number of hydrogen-bond donors (Lipinski definition) is 0. The van der Waals surface area contributed by atoms with Crippen LogP contribution >= 0.6 is 0 Å². The summed E-state index contributed by atoms with van der Waals surface area (Å²) in [5, 5.41) is 1.19. The standard InChI is InChI=1S/C20H27BN2O2/c1-19(2)20(3,4)25-21(24-19)15-8-9-17-16(14-15)18(10-11-22-17)23-12-6-5-7-13-23/h8-11,14H,5-7,12-13H2,1-4H3. The lowest BCUT2D eigenvalue weighted by Gasteiger charge is -2.32. The van der Waals surface area contributed by atoms with Gasteiger partial charge in [0.25, 0.3) is 0 Å². The van der Waals surface area contributed by atoms with Gasteiger partial charge in [0.1, 0.15) is 0 Å². The Labute approximate surface area is 150 Å². The molecule has 0 bridgehead atoms. The van der Waals surface area contributed by atoms with E-state index in [1.165, 1.54) is 30.3 Å². The van der Waals surface area contributed by atoms with Gasteiger partial charge in [-0.25, -0.2) is 0 Å². The number of rotatable bonds is 2. The Morgan fingerprint density at radius 2 is 1.64 bits per heavy atom. The normalized spacial score (nSPS) is 22.6. The summed E-state index contributed by atoms with van der Waals surface area (Å²) in [6.07, 6.45) is 5.78. The third-order valence-electron chi connectivity index (χ3n) is 5.96. The number of anilines is 1. The molecule has 132 valence electrons. The predicted octanol–water partition coefficient (Wildman–Crippen LogP) is 3.52. The smallest absolute Gasteiger partial charge is 0.399 e. The van der Waals surface area contributed by atoms with Gasteiger partial charge in [0.2, 0.25) is 0 Å². The van der Waals surface area contributed by atoms with E-state index in [1.807, 2.05) is 6.20 Å². The maximum Gasteiger partial charge on any atom is 0.494 e. The molecule has 4 rings (SSSR count). The quantitative estimate of drug-likeness (QED) is 0.785. The van der Waals surface area contributed by atoms with E-state index in [9.17, 15) is 0 Å². The molecule has 0 aliphatic carbocycles. The van der Waals surface area contributed by atoms with Crippen molar-refractivity contribution in [2.75, 3.05) is 18.0 Å². The molecule has 2 aliphatic heterocycles. The molecule has 0 atom stereocenters. The van der Waals surface area contributed by atoms with Crippen molar-refractivity contribution in [3.05, 3.63) is 30.5 Å². The Bertz CT molecular complexity index is 768. The van der Waals surface area contributed by atoms with Crippen molar-refractivity contribution in [2.24, 2.45) is 0 Å². The van der Waals surface area contributed by atoms with Crippen molar-refractivity contribution < 1.29 is 9.31 Å². The average Bonchev–Trinajstić information content (AvgIpc) is 2.82. The van der Waals surface area contributed by atoms with Crippen LogP contribution in [-0.2, 0) is 9.31 Å². The highest BCUT2D eigenvalue weighted by Crippen LogP contribution is 2.37. The highest BCUT2D eigenvalue weighted by molar-refractivity contribution is 6.62. The molecule has 4 nitrogen and oxygen atoms in total. The SMILES string of the molecule is CC1(C)OB(c2ccc3nccc(N4CCCCC4)c3c2)OC1(C)C. The number of hydrogen-bond acceptors (Lipinski definition) is 4. The Kier molecular flexibility index (Phi) is 4.04. The minimum atomic E-state index is -0.330. The zero-order valence-corrected chi connectivity index (χ0v) is 15.7. The summed E-state index contributed by atoms with van der Waals surface area (Å²) in [7, 11) is -0.330. The number of nitrogens with zero attached hydrogens (tertiary/aromatic N) is 2. The number of pyridine rings is 1. The van der Waals surface area contributed by atoms with Gasteiger partial charge in [-0.1, -0.05) is 12.1 Å². The van der Waals surface area contributed by atoms with E-state index in [-0.39, 0.29) is 18.3 Å². The van der Waals surface area contributed by atoms with E-state index < -0.39 is 0 Å². The molecule has 0 radical (unpaired) electrons. The lowest BCUT2D eigenvalue weighted by atomic mass is 9.78. The minimum Gasteiger partial charge on any atom is -0.399 e. The largest absolute Gasteiger partial charge is 0.494 e. The summed E-state index contributed by atoms with van der Waals surface area (Å²) >= 11 is 0. The molecule has 25 heavy (non-hydrogen) atoms. The Hall–Kier alpha value is -1.59.